The van der Waals surface area contributed by atoms with E-state index in [2.05, 4.69) is 22.7 Å². The van der Waals surface area contributed by atoms with Gasteiger partial charge < -0.3 is 15.2 Å². The van der Waals surface area contributed by atoms with Crippen LogP contribution in [0.5, 0.6) is 0 Å². The van der Waals surface area contributed by atoms with E-state index in [0.717, 1.165) is 50.8 Å². The molecule has 2 amide bonds. The lowest BCUT2D eigenvalue weighted by molar-refractivity contribution is -0.124. The Morgan fingerprint density at radius 3 is 2.45 bits per heavy atom. The quantitative estimate of drug-likeness (QED) is 0.680. The molecule has 0 saturated heterocycles. The lowest BCUT2D eigenvalue weighted by Crippen LogP contribution is -2.47. The number of nitrogens with zero attached hydrogens (tertiary/aromatic N) is 2. The normalized spacial score (nSPS) is 26.7. The van der Waals surface area contributed by atoms with Gasteiger partial charge in [0.25, 0.3) is 0 Å². The first-order chi connectivity index (χ1) is 14.1. The molecule has 1 heterocycles. The number of nitrogens with one attached hydrogen (secondary N) is 2. The summed E-state index contributed by atoms with van der Waals surface area (Å²) in [5.74, 6) is 2.39. The average Bonchev–Trinajstić information content (AvgIpc) is 3.09. The van der Waals surface area contributed by atoms with Gasteiger partial charge in [-0.25, -0.2) is 0 Å². The molecule has 1 aromatic rings. The number of aromatic nitrogens is 2. The van der Waals surface area contributed by atoms with Crippen molar-refractivity contribution < 1.29 is 14.1 Å². The highest BCUT2D eigenvalue weighted by molar-refractivity contribution is 5.82. The Kier molecular flexibility index (Phi) is 6.20. The third-order valence-corrected chi connectivity index (χ3v) is 7.01. The minimum absolute atomic E-state index is 0.0525. The van der Waals surface area contributed by atoms with Gasteiger partial charge in [-0.2, -0.15) is 4.98 Å². The van der Waals surface area contributed by atoms with Crippen LogP contribution in [-0.2, 0) is 15.1 Å². The fourth-order valence-electron chi connectivity index (χ4n) is 4.95. The first-order valence-corrected chi connectivity index (χ1v) is 11.5. The van der Waals surface area contributed by atoms with Crippen molar-refractivity contribution in [1.82, 2.24) is 20.8 Å². The third kappa shape index (κ3) is 4.81. The molecule has 0 radical (unpaired) electrons. The number of rotatable bonds is 7. The van der Waals surface area contributed by atoms with Crippen molar-refractivity contribution >= 4 is 11.8 Å². The van der Waals surface area contributed by atoms with Crippen LogP contribution in [0.1, 0.15) is 102 Å². The molecule has 1 aromatic heterocycles. The zero-order valence-corrected chi connectivity index (χ0v) is 17.5. The summed E-state index contributed by atoms with van der Waals surface area (Å²) < 4.78 is 5.64. The second-order valence-corrected chi connectivity index (χ2v) is 9.34. The van der Waals surface area contributed by atoms with Crippen LogP contribution in [0, 0.1) is 11.8 Å². The maximum atomic E-state index is 12.7. The van der Waals surface area contributed by atoms with Crippen molar-refractivity contribution in [1.29, 1.82) is 0 Å². The summed E-state index contributed by atoms with van der Waals surface area (Å²) in [5.41, 5.74) is -0.539. The lowest BCUT2D eigenvalue weighted by Gasteiger charge is -2.30. The van der Waals surface area contributed by atoms with Crippen LogP contribution in [0.15, 0.2) is 4.52 Å². The van der Waals surface area contributed by atoms with E-state index in [-0.39, 0.29) is 24.2 Å². The largest absolute Gasteiger partial charge is 0.355 e. The Labute approximate surface area is 172 Å². The Morgan fingerprint density at radius 1 is 1.10 bits per heavy atom. The maximum absolute atomic E-state index is 12.7. The van der Waals surface area contributed by atoms with Gasteiger partial charge in [-0.15, -0.1) is 0 Å². The van der Waals surface area contributed by atoms with E-state index in [1.165, 1.54) is 25.7 Å². The van der Waals surface area contributed by atoms with Gasteiger partial charge in [0.2, 0.25) is 17.7 Å². The van der Waals surface area contributed by atoms with Crippen molar-refractivity contribution in [3.8, 4) is 0 Å². The highest BCUT2D eigenvalue weighted by atomic mass is 16.5. The van der Waals surface area contributed by atoms with Gasteiger partial charge in [-0.1, -0.05) is 50.6 Å². The molecule has 29 heavy (non-hydrogen) atoms. The van der Waals surface area contributed by atoms with Gasteiger partial charge in [0.15, 0.2) is 5.82 Å². The summed E-state index contributed by atoms with van der Waals surface area (Å²) in [4.78, 5) is 29.5. The fourth-order valence-corrected chi connectivity index (χ4v) is 4.95. The molecule has 0 unspecified atom stereocenters. The highest BCUT2D eigenvalue weighted by Crippen LogP contribution is 2.38. The summed E-state index contributed by atoms with van der Waals surface area (Å²) >= 11 is 0. The molecule has 0 bridgehead atoms. The molecule has 3 fully saturated rings. The second kappa shape index (κ2) is 8.84. The summed E-state index contributed by atoms with van der Waals surface area (Å²) in [6, 6.07) is 0. The van der Waals surface area contributed by atoms with Crippen LogP contribution in [0.2, 0.25) is 0 Å². The van der Waals surface area contributed by atoms with Gasteiger partial charge in [-0.3, -0.25) is 9.59 Å². The zero-order valence-electron chi connectivity index (χ0n) is 17.5. The predicted molar refractivity (Wildman–Crippen MR) is 108 cm³/mol. The molecule has 4 rings (SSSR count). The number of amides is 2. The molecular weight excluding hydrogens is 368 g/mol. The fraction of sp³-hybridized carbons (Fsp3) is 0.818. The van der Waals surface area contributed by atoms with E-state index in [1.807, 2.05) is 0 Å². The van der Waals surface area contributed by atoms with E-state index in [1.54, 1.807) is 0 Å². The van der Waals surface area contributed by atoms with Crippen LogP contribution < -0.4 is 10.6 Å². The molecule has 7 heteroatoms. The van der Waals surface area contributed by atoms with E-state index < -0.39 is 5.54 Å². The number of carbonyl (C=O) groups is 2. The molecule has 2 N–H and O–H groups in total. The standard InChI is InChI=1S/C22H34N4O3/c1-15-14-17(15)19(28)23-13-10-18(27)25-22(11-6-2-3-7-12-22)21-24-20(29-26-21)16-8-4-5-9-16/h15-17H,2-14H2,1H3,(H,23,28)(H,25,27)/t15-,17+/m0/s1. The second-order valence-electron chi connectivity index (χ2n) is 9.34. The van der Waals surface area contributed by atoms with E-state index >= 15 is 0 Å². The molecule has 3 saturated carbocycles. The van der Waals surface area contributed by atoms with Crippen LogP contribution >= 0.6 is 0 Å². The van der Waals surface area contributed by atoms with Gasteiger partial charge in [0.05, 0.1) is 0 Å². The summed E-state index contributed by atoms with van der Waals surface area (Å²) in [7, 11) is 0. The lowest BCUT2D eigenvalue weighted by atomic mass is 9.89. The monoisotopic (exact) mass is 402 g/mol. The molecular formula is C22H34N4O3. The number of hydrogen-bond donors (Lipinski definition) is 2. The molecule has 2 atom stereocenters. The van der Waals surface area contributed by atoms with Crippen molar-refractivity contribution in [3.63, 3.8) is 0 Å². The zero-order chi connectivity index (χ0) is 20.3. The van der Waals surface area contributed by atoms with Crippen LogP contribution in [0.3, 0.4) is 0 Å². The first-order valence-electron chi connectivity index (χ1n) is 11.5. The molecule has 3 aliphatic rings. The van der Waals surface area contributed by atoms with Crippen molar-refractivity contribution in [2.75, 3.05) is 6.54 Å². The Bertz CT molecular complexity index is 717. The average molecular weight is 403 g/mol. The SMILES string of the molecule is C[C@H]1C[C@H]1C(=O)NCCC(=O)NC1(c2noc(C3CCCC3)n2)CCCCCC1. The summed E-state index contributed by atoms with van der Waals surface area (Å²) in [5, 5.41) is 10.5. The van der Waals surface area contributed by atoms with Crippen molar-refractivity contribution in [2.24, 2.45) is 11.8 Å². The molecule has 3 aliphatic carbocycles. The molecule has 0 aromatic carbocycles. The topological polar surface area (TPSA) is 97.1 Å². The van der Waals surface area contributed by atoms with Crippen LogP contribution in [0.4, 0.5) is 0 Å². The minimum Gasteiger partial charge on any atom is -0.355 e. The molecule has 0 aliphatic heterocycles. The summed E-state index contributed by atoms with van der Waals surface area (Å²) in [6.45, 7) is 2.46. The smallest absolute Gasteiger partial charge is 0.229 e. The number of hydrogen-bond acceptors (Lipinski definition) is 5. The highest BCUT2D eigenvalue weighted by Gasteiger charge is 2.40. The maximum Gasteiger partial charge on any atom is 0.229 e. The van der Waals surface area contributed by atoms with Gasteiger partial charge in [0, 0.05) is 24.8 Å². The predicted octanol–water partition coefficient (Wildman–Crippen LogP) is 3.56. The molecule has 160 valence electrons. The molecule has 0 spiro atoms. The Hall–Kier alpha value is -1.92. The van der Waals surface area contributed by atoms with Gasteiger partial charge in [0.1, 0.15) is 5.54 Å². The Morgan fingerprint density at radius 2 is 1.79 bits per heavy atom. The van der Waals surface area contributed by atoms with E-state index in [9.17, 15) is 9.59 Å². The van der Waals surface area contributed by atoms with Crippen LogP contribution in [0.25, 0.3) is 0 Å². The minimum atomic E-state index is -0.539. The molecule has 7 nitrogen and oxygen atoms in total. The van der Waals surface area contributed by atoms with E-state index in [4.69, 9.17) is 9.51 Å². The van der Waals surface area contributed by atoms with Crippen LogP contribution in [-0.4, -0.2) is 28.5 Å². The third-order valence-electron chi connectivity index (χ3n) is 7.01. The number of carbonyl (C=O) groups excluding carboxylic acids is 2. The van der Waals surface area contributed by atoms with E-state index in [0.29, 0.717) is 24.2 Å². The van der Waals surface area contributed by atoms with Crippen molar-refractivity contribution in [3.05, 3.63) is 11.7 Å². The van der Waals surface area contributed by atoms with Gasteiger partial charge >= 0.3 is 0 Å². The van der Waals surface area contributed by atoms with Crippen molar-refractivity contribution in [2.45, 2.75) is 95.4 Å². The first kappa shape index (κ1) is 20.4. The Balaban J connectivity index is 1.39. The summed E-state index contributed by atoms with van der Waals surface area (Å²) in [6.07, 6.45) is 12.0. The van der Waals surface area contributed by atoms with Gasteiger partial charge in [-0.05, 0) is 38.0 Å².